The van der Waals surface area contributed by atoms with E-state index in [1.807, 2.05) is 6.07 Å². The highest BCUT2D eigenvalue weighted by Gasteiger charge is 2.42. The standard InChI is InChI=1S/C23H31N3O/c1-17-12-22(24-21-13-19(27-2)6-7-20(17)21)26-11-9-23(16-26)8-3-10-25(15-23)14-18-4-5-18/h6-7,12-13,18H,3-5,8-11,14-16H2,1-2H3. The molecule has 0 N–H and O–H groups in total. The maximum Gasteiger partial charge on any atom is 0.129 e. The summed E-state index contributed by atoms with van der Waals surface area (Å²) in [4.78, 5) is 10.3. The molecule has 3 fully saturated rings. The number of fused-ring (bicyclic) bond motifs is 1. The molecule has 0 radical (unpaired) electrons. The minimum Gasteiger partial charge on any atom is -0.497 e. The van der Waals surface area contributed by atoms with E-state index in [-0.39, 0.29) is 0 Å². The Balaban J connectivity index is 1.37. The molecule has 2 saturated heterocycles. The molecule has 27 heavy (non-hydrogen) atoms. The maximum atomic E-state index is 5.41. The predicted molar refractivity (Wildman–Crippen MR) is 111 cm³/mol. The van der Waals surface area contributed by atoms with Crippen molar-refractivity contribution in [2.75, 3.05) is 44.7 Å². The van der Waals surface area contributed by atoms with Gasteiger partial charge in [-0.3, -0.25) is 0 Å². The fraction of sp³-hybridized carbons (Fsp3) is 0.609. The van der Waals surface area contributed by atoms with Gasteiger partial charge in [0.15, 0.2) is 0 Å². The number of anilines is 1. The number of methoxy groups -OCH3 is 1. The summed E-state index contributed by atoms with van der Waals surface area (Å²) >= 11 is 0. The molecule has 1 aromatic heterocycles. The number of ether oxygens (including phenoxy) is 1. The van der Waals surface area contributed by atoms with Crippen LogP contribution in [0.1, 0.15) is 37.7 Å². The van der Waals surface area contributed by atoms with Crippen molar-refractivity contribution in [2.45, 2.75) is 39.0 Å². The first kappa shape index (κ1) is 17.3. The lowest BCUT2D eigenvalue weighted by Crippen LogP contribution is -2.45. The number of hydrogen-bond donors (Lipinski definition) is 0. The van der Waals surface area contributed by atoms with Gasteiger partial charge >= 0.3 is 0 Å². The summed E-state index contributed by atoms with van der Waals surface area (Å²) in [5, 5.41) is 1.22. The topological polar surface area (TPSA) is 28.6 Å². The third-order valence-electron chi connectivity index (χ3n) is 6.93. The number of piperidine rings is 1. The fourth-order valence-corrected chi connectivity index (χ4v) is 5.25. The molecule has 1 aromatic carbocycles. The van der Waals surface area contributed by atoms with Gasteiger partial charge < -0.3 is 14.5 Å². The van der Waals surface area contributed by atoms with Crippen molar-refractivity contribution in [2.24, 2.45) is 11.3 Å². The van der Waals surface area contributed by atoms with Gasteiger partial charge in [-0.15, -0.1) is 0 Å². The molecule has 1 atom stereocenters. The Kier molecular flexibility index (Phi) is 4.27. The highest BCUT2D eigenvalue weighted by molar-refractivity contribution is 5.85. The van der Waals surface area contributed by atoms with E-state index >= 15 is 0 Å². The van der Waals surface area contributed by atoms with E-state index in [1.54, 1.807) is 7.11 Å². The first-order chi connectivity index (χ1) is 13.1. The van der Waals surface area contributed by atoms with E-state index in [0.717, 1.165) is 36.1 Å². The second-order valence-corrected chi connectivity index (χ2v) is 9.13. The summed E-state index contributed by atoms with van der Waals surface area (Å²) in [5.41, 5.74) is 2.83. The lowest BCUT2D eigenvalue weighted by Gasteiger charge is -2.40. The average Bonchev–Trinajstić information content (AvgIpc) is 3.40. The average molecular weight is 366 g/mol. The third-order valence-corrected chi connectivity index (χ3v) is 6.93. The van der Waals surface area contributed by atoms with Crippen LogP contribution in [0.15, 0.2) is 24.3 Å². The smallest absolute Gasteiger partial charge is 0.129 e. The zero-order chi connectivity index (χ0) is 18.4. The molecule has 1 aliphatic carbocycles. The van der Waals surface area contributed by atoms with Crippen LogP contribution in [0.4, 0.5) is 5.82 Å². The van der Waals surface area contributed by atoms with Crippen molar-refractivity contribution in [3.8, 4) is 5.75 Å². The van der Waals surface area contributed by atoms with Crippen molar-refractivity contribution in [3.05, 3.63) is 29.8 Å². The normalized spacial score (nSPS) is 26.2. The maximum absolute atomic E-state index is 5.41. The Bertz CT molecular complexity index is 847. The van der Waals surface area contributed by atoms with Gasteiger partial charge in [-0.25, -0.2) is 4.98 Å². The molecular formula is C23H31N3O. The minimum atomic E-state index is 0.478. The highest BCUT2D eigenvalue weighted by Crippen LogP contribution is 2.42. The van der Waals surface area contributed by atoms with Gasteiger partial charge in [0.05, 0.1) is 12.6 Å². The zero-order valence-electron chi connectivity index (χ0n) is 16.7. The zero-order valence-corrected chi connectivity index (χ0v) is 16.7. The van der Waals surface area contributed by atoms with E-state index < -0.39 is 0 Å². The van der Waals surface area contributed by atoms with Gasteiger partial charge in [-0.1, -0.05) is 0 Å². The molecule has 3 heterocycles. The molecule has 1 spiro atoms. The molecule has 2 aromatic rings. The summed E-state index contributed by atoms with van der Waals surface area (Å²) in [7, 11) is 1.72. The van der Waals surface area contributed by atoms with Crippen molar-refractivity contribution in [3.63, 3.8) is 0 Å². The van der Waals surface area contributed by atoms with E-state index in [2.05, 4.69) is 34.9 Å². The monoisotopic (exact) mass is 365 g/mol. The Morgan fingerprint density at radius 2 is 2.04 bits per heavy atom. The Hall–Kier alpha value is -1.81. The van der Waals surface area contributed by atoms with Crippen LogP contribution in [0.3, 0.4) is 0 Å². The van der Waals surface area contributed by atoms with Crippen molar-refractivity contribution < 1.29 is 4.74 Å². The van der Waals surface area contributed by atoms with Crippen molar-refractivity contribution in [1.29, 1.82) is 0 Å². The number of likely N-dealkylation sites (tertiary alicyclic amines) is 1. The summed E-state index contributed by atoms with van der Waals surface area (Å²) in [6.07, 6.45) is 6.97. The lowest BCUT2D eigenvalue weighted by molar-refractivity contribution is 0.101. The molecule has 1 unspecified atom stereocenters. The summed E-state index contributed by atoms with van der Waals surface area (Å²) in [5.74, 6) is 3.02. The predicted octanol–water partition coefficient (Wildman–Crippen LogP) is 4.25. The molecular weight excluding hydrogens is 334 g/mol. The highest BCUT2D eigenvalue weighted by atomic mass is 16.5. The van der Waals surface area contributed by atoms with E-state index in [9.17, 15) is 0 Å². The molecule has 4 heteroatoms. The summed E-state index contributed by atoms with van der Waals surface area (Å²) in [6.45, 7) is 8.44. The van der Waals surface area contributed by atoms with Crippen LogP contribution >= 0.6 is 0 Å². The number of aromatic nitrogens is 1. The van der Waals surface area contributed by atoms with Gasteiger partial charge in [0, 0.05) is 43.0 Å². The molecule has 144 valence electrons. The van der Waals surface area contributed by atoms with Crippen LogP contribution in [0.25, 0.3) is 10.9 Å². The largest absolute Gasteiger partial charge is 0.497 e. The van der Waals surface area contributed by atoms with Crippen LogP contribution in [-0.2, 0) is 0 Å². The van der Waals surface area contributed by atoms with Gasteiger partial charge in [0.2, 0.25) is 0 Å². The molecule has 0 amide bonds. The number of pyridine rings is 1. The Labute approximate surface area is 162 Å². The van der Waals surface area contributed by atoms with Gasteiger partial charge in [0.25, 0.3) is 0 Å². The number of rotatable bonds is 4. The lowest BCUT2D eigenvalue weighted by atomic mass is 9.79. The number of nitrogens with zero attached hydrogens (tertiary/aromatic N) is 3. The van der Waals surface area contributed by atoms with Gasteiger partial charge in [-0.2, -0.15) is 0 Å². The quantitative estimate of drug-likeness (QED) is 0.810. The summed E-state index contributed by atoms with van der Waals surface area (Å²) < 4.78 is 5.41. The Morgan fingerprint density at radius 3 is 2.85 bits per heavy atom. The molecule has 0 bridgehead atoms. The first-order valence-corrected chi connectivity index (χ1v) is 10.6. The van der Waals surface area contributed by atoms with Crippen LogP contribution in [0, 0.1) is 18.3 Å². The van der Waals surface area contributed by atoms with Gasteiger partial charge in [0.1, 0.15) is 11.6 Å². The molecule has 3 aliphatic rings. The van der Waals surface area contributed by atoms with Gasteiger partial charge in [-0.05, 0) is 75.3 Å². The Morgan fingerprint density at radius 1 is 1.15 bits per heavy atom. The second kappa shape index (κ2) is 6.66. The molecule has 4 nitrogen and oxygen atoms in total. The van der Waals surface area contributed by atoms with Crippen LogP contribution in [0.2, 0.25) is 0 Å². The van der Waals surface area contributed by atoms with E-state index in [0.29, 0.717) is 5.41 Å². The minimum absolute atomic E-state index is 0.478. The van der Waals surface area contributed by atoms with Crippen LogP contribution in [-0.4, -0.2) is 49.7 Å². The van der Waals surface area contributed by atoms with Crippen LogP contribution in [0.5, 0.6) is 5.75 Å². The number of benzene rings is 1. The van der Waals surface area contributed by atoms with E-state index in [1.165, 1.54) is 62.7 Å². The van der Waals surface area contributed by atoms with Crippen molar-refractivity contribution >= 4 is 16.7 Å². The fourth-order valence-electron chi connectivity index (χ4n) is 5.25. The SMILES string of the molecule is COc1ccc2c(C)cc(N3CCC4(CCCN(CC5CC5)C4)C3)nc2c1. The molecule has 2 aliphatic heterocycles. The second-order valence-electron chi connectivity index (χ2n) is 9.13. The van der Waals surface area contributed by atoms with E-state index in [4.69, 9.17) is 9.72 Å². The van der Waals surface area contributed by atoms with Crippen LogP contribution < -0.4 is 9.64 Å². The molecule has 5 rings (SSSR count). The van der Waals surface area contributed by atoms with Crippen molar-refractivity contribution in [1.82, 2.24) is 9.88 Å². The first-order valence-electron chi connectivity index (χ1n) is 10.6. The number of aryl methyl sites for hydroxylation is 1. The summed E-state index contributed by atoms with van der Waals surface area (Å²) in [6, 6.07) is 8.49. The number of hydrogen-bond acceptors (Lipinski definition) is 4. The third kappa shape index (κ3) is 3.40. The molecule has 1 saturated carbocycles.